The molecule has 1 N–H and O–H groups in total. The molecule has 1 aromatic rings. The van der Waals surface area contributed by atoms with Crippen molar-refractivity contribution in [2.75, 3.05) is 13.2 Å². The summed E-state index contributed by atoms with van der Waals surface area (Å²) in [7, 11) is 0. The molecule has 82 valence electrons. The number of halogens is 2. The van der Waals surface area contributed by atoms with E-state index < -0.39 is 0 Å². The Labute approximate surface area is 105 Å². The van der Waals surface area contributed by atoms with Crippen LogP contribution in [0.2, 0.25) is 0 Å². The summed E-state index contributed by atoms with van der Waals surface area (Å²) in [5.74, 6) is 0.825. The Bertz CT molecular complexity index is 389. The highest BCUT2D eigenvalue weighted by atomic mass is 79.9. The first-order valence-electron chi connectivity index (χ1n) is 4.51. The van der Waals surface area contributed by atoms with E-state index in [2.05, 4.69) is 31.9 Å². The minimum Gasteiger partial charge on any atom is -0.507 e. The van der Waals surface area contributed by atoms with Crippen LogP contribution in [-0.4, -0.2) is 24.4 Å². The molecule has 15 heavy (non-hydrogen) atoms. The van der Waals surface area contributed by atoms with Crippen LogP contribution in [0.5, 0.6) is 11.5 Å². The Morgan fingerprint density at radius 2 is 2.20 bits per heavy atom. The van der Waals surface area contributed by atoms with E-state index in [9.17, 15) is 5.11 Å². The number of hydrogen-bond acceptors (Lipinski definition) is 3. The molecule has 0 bridgehead atoms. The number of benzene rings is 1. The highest BCUT2D eigenvalue weighted by molar-refractivity contribution is 9.11. The van der Waals surface area contributed by atoms with Crippen molar-refractivity contribution in [3.8, 4) is 11.5 Å². The van der Waals surface area contributed by atoms with Gasteiger partial charge in [0.1, 0.15) is 24.2 Å². The van der Waals surface area contributed by atoms with Crippen LogP contribution >= 0.6 is 31.9 Å². The minimum absolute atomic E-state index is 0.183. The molecule has 1 atom stereocenters. The van der Waals surface area contributed by atoms with Gasteiger partial charge in [0.2, 0.25) is 0 Å². The van der Waals surface area contributed by atoms with Crippen molar-refractivity contribution >= 4 is 31.9 Å². The van der Waals surface area contributed by atoms with Gasteiger partial charge < -0.3 is 14.6 Å². The van der Waals surface area contributed by atoms with Gasteiger partial charge in [-0.3, -0.25) is 0 Å². The summed E-state index contributed by atoms with van der Waals surface area (Å²) >= 11 is 6.72. The van der Waals surface area contributed by atoms with Crippen molar-refractivity contribution in [1.29, 1.82) is 0 Å². The van der Waals surface area contributed by atoms with Crippen LogP contribution in [0.15, 0.2) is 15.0 Å². The van der Waals surface area contributed by atoms with Crippen LogP contribution in [-0.2, 0) is 4.74 Å². The number of hydrogen-bond donors (Lipinski definition) is 1. The number of phenols is 1. The second-order valence-electron chi connectivity index (χ2n) is 3.41. The van der Waals surface area contributed by atoms with Crippen molar-refractivity contribution in [3.05, 3.63) is 20.6 Å². The molecule has 2 rings (SSSR count). The Morgan fingerprint density at radius 1 is 1.53 bits per heavy atom. The van der Waals surface area contributed by atoms with Gasteiger partial charge in [-0.1, -0.05) is 0 Å². The fourth-order valence-electron chi connectivity index (χ4n) is 1.18. The van der Waals surface area contributed by atoms with Crippen LogP contribution < -0.4 is 4.74 Å². The molecule has 0 aromatic heterocycles. The van der Waals surface area contributed by atoms with Gasteiger partial charge in [-0.05, 0) is 44.3 Å². The third-order valence-corrected chi connectivity index (χ3v) is 4.18. The van der Waals surface area contributed by atoms with Crippen LogP contribution in [0.1, 0.15) is 5.56 Å². The summed E-state index contributed by atoms with van der Waals surface area (Å²) in [5, 5.41) is 9.61. The van der Waals surface area contributed by atoms with E-state index in [1.54, 1.807) is 6.07 Å². The molecule has 1 fully saturated rings. The lowest BCUT2D eigenvalue weighted by Gasteiger charge is -2.11. The molecular formula is C10H10Br2O3. The maximum Gasteiger partial charge on any atom is 0.137 e. The molecule has 5 heteroatoms. The second-order valence-corrected chi connectivity index (χ2v) is 5.00. The lowest BCUT2D eigenvalue weighted by molar-refractivity contribution is 0.260. The van der Waals surface area contributed by atoms with E-state index in [0.29, 0.717) is 16.8 Å². The van der Waals surface area contributed by atoms with Gasteiger partial charge in [0.25, 0.3) is 0 Å². The molecule has 0 spiro atoms. The fourth-order valence-corrected chi connectivity index (χ4v) is 2.18. The topological polar surface area (TPSA) is 42.0 Å². The van der Waals surface area contributed by atoms with E-state index in [1.165, 1.54) is 0 Å². The predicted molar refractivity (Wildman–Crippen MR) is 63.5 cm³/mol. The molecule has 1 saturated heterocycles. The second kappa shape index (κ2) is 4.31. The van der Waals surface area contributed by atoms with E-state index >= 15 is 0 Å². The summed E-state index contributed by atoms with van der Waals surface area (Å²) in [6.07, 6.45) is 0.211. The third kappa shape index (κ3) is 2.46. The van der Waals surface area contributed by atoms with Gasteiger partial charge in [-0.25, -0.2) is 0 Å². The molecule has 3 nitrogen and oxygen atoms in total. The van der Waals surface area contributed by atoms with Crippen molar-refractivity contribution in [2.45, 2.75) is 13.0 Å². The first-order valence-corrected chi connectivity index (χ1v) is 6.10. The van der Waals surface area contributed by atoms with Crippen molar-refractivity contribution in [2.24, 2.45) is 0 Å². The van der Waals surface area contributed by atoms with Crippen molar-refractivity contribution in [1.82, 2.24) is 0 Å². The summed E-state index contributed by atoms with van der Waals surface area (Å²) in [5.41, 5.74) is 0.918. The average Bonchev–Trinajstić information content (AvgIpc) is 3.02. The van der Waals surface area contributed by atoms with Crippen LogP contribution in [0.25, 0.3) is 0 Å². The standard InChI is InChI=1S/C10H10Br2O3/c1-5-9(11)7(13)2-8(10(5)12)15-4-6-3-14-6/h2,6,13H,3-4H2,1H3. The molecular weight excluding hydrogens is 328 g/mol. The quantitative estimate of drug-likeness (QED) is 0.862. The highest BCUT2D eigenvalue weighted by Crippen LogP contribution is 2.39. The number of rotatable bonds is 3. The number of aromatic hydroxyl groups is 1. The average molecular weight is 338 g/mol. The zero-order chi connectivity index (χ0) is 11.0. The molecule has 1 aromatic carbocycles. The number of epoxide rings is 1. The van der Waals surface area contributed by atoms with Gasteiger partial charge in [-0.2, -0.15) is 0 Å². The van der Waals surface area contributed by atoms with E-state index in [1.807, 2.05) is 6.92 Å². The highest BCUT2D eigenvalue weighted by Gasteiger charge is 2.24. The normalized spacial score (nSPS) is 19.0. The Hall–Kier alpha value is -0.260. The summed E-state index contributed by atoms with van der Waals surface area (Å²) in [4.78, 5) is 0. The maximum atomic E-state index is 9.61. The fraction of sp³-hybridized carbons (Fsp3) is 0.400. The van der Waals surface area contributed by atoms with E-state index in [4.69, 9.17) is 9.47 Å². The maximum absolute atomic E-state index is 9.61. The zero-order valence-corrected chi connectivity index (χ0v) is 11.3. The number of ether oxygens (including phenoxy) is 2. The van der Waals surface area contributed by atoms with Gasteiger partial charge >= 0.3 is 0 Å². The summed E-state index contributed by atoms with van der Waals surface area (Å²) in [6.45, 7) is 3.19. The van der Waals surface area contributed by atoms with Crippen LogP contribution in [0.3, 0.4) is 0 Å². The van der Waals surface area contributed by atoms with Crippen LogP contribution in [0.4, 0.5) is 0 Å². The van der Waals surface area contributed by atoms with Gasteiger partial charge in [0.15, 0.2) is 0 Å². The van der Waals surface area contributed by atoms with Crippen molar-refractivity contribution < 1.29 is 14.6 Å². The minimum atomic E-state index is 0.183. The lowest BCUT2D eigenvalue weighted by atomic mass is 10.2. The predicted octanol–water partition coefficient (Wildman–Crippen LogP) is 3.00. The zero-order valence-electron chi connectivity index (χ0n) is 8.09. The van der Waals surface area contributed by atoms with Gasteiger partial charge in [0.05, 0.1) is 15.6 Å². The molecule has 0 radical (unpaired) electrons. The van der Waals surface area contributed by atoms with Gasteiger partial charge in [0, 0.05) is 6.07 Å². The van der Waals surface area contributed by atoms with E-state index in [0.717, 1.165) is 16.6 Å². The summed E-state index contributed by atoms with van der Waals surface area (Å²) < 4.78 is 12.1. The Morgan fingerprint density at radius 3 is 2.80 bits per heavy atom. The largest absolute Gasteiger partial charge is 0.507 e. The molecule has 0 saturated carbocycles. The Kier molecular flexibility index (Phi) is 3.23. The Balaban J connectivity index is 2.21. The summed E-state index contributed by atoms with van der Waals surface area (Å²) in [6, 6.07) is 1.59. The lowest BCUT2D eigenvalue weighted by Crippen LogP contribution is -2.04. The van der Waals surface area contributed by atoms with Crippen LogP contribution in [0, 0.1) is 6.92 Å². The molecule has 1 aliphatic heterocycles. The third-order valence-electron chi connectivity index (χ3n) is 2.19. The molecule has 1 heterocycles. The molecule has 1 aliphatic rings. The number of phenolic OH excluding ortho intramolecular Hbond substituents is 1. The SMILES string of the molecule is Cc1c(Br)c(O)cc(OCC2CO2)c1Br. The smallest absolute Gasteiger partial charge is 0.137 e. The first kappa shape index (κ1) is 11.2. The molecule has 0 amide bonds. The molecule has 0 aliphatic carbocycles. The van der Waals surface area contributed by atoms with E-state index in [-0.39, 0.29) is 11.9 Å². The first-order chi connectivity index (χ1) is 7.09. The van der Waals surface area contributed by atoms with Gasteiger partial charge in [-0.15, -0.1) is 0 Å². The molecule has 1 unspecified atom stereocenters. The monoisotopic (exact) mass is 336 g/mol. The van der Waals surface area contributed by atoms with Crippen molar-refractivity contribution in [3.63, 3.8) is 0 Å².